The number of likely N-dealkylation sites (tertiary alicyclic amines) is 1. The van der Waals surface area contributed by atoms with Gasteiger partial charge < -0.3 is 15.0 Å². The summed E-state index contributed by atoms with van der Waals surface area (Å²) >= 11 is 0. The normalized spacial score (nSPS) is 30.0. The lowest BCUT2D eigenvalue weighted by atomic mass is 9.96. The Morgan fingerprint density at radius 3 is 2.64 bits per heavy atom. The van der Waals surface area contributed by atoms with Gasteiger partial charge in [-0.25, -0.2) is 4.79 Å². The van der Waals surface area contributed by atoms with Crippen molar-refractivity contribution in [1.29, 1.82) is 0 Å². The first-order chi connectivity index (χ1) is 13.3. The Hall–Kier alpha value is -2.25. The quantitative estimate of drug-likeness (QED) is 0.834. The van der Waals surface area contributed by atoms with E-state index in [4.69, 9.17) is 4.74 Å². The average Bonchev–Trinajstić information content (AvgIpc) is 3.09. The number of alkyl halides is 3. The largest absolute Gasteiger partial charge is 0.450 e. The van der Waals surface area contributed by atoms with Crippen LogP contribution in [-0.2, 0) is 15.7 Å². The molecule has 8 heteroatoms. The molecule has 1 saturated carbocycles. The van der Waals surface area contributed by atoms with E-state index in [1.165, 1.54) is 13.0 Å². The van der Waals surface area contributed by atoms with Crippen molar-refractivity contribution in [2.45, 2.75) is 31.9 Å². The number of carbonyl (C=O) groups excluding carboxylic acids is 2. The Kier molecular flexibility index (Phi) is 4.75. The zero-order valence-electron chi connectivity index (χ0n) is 15.6. The number of ether oxygens (including phenoxy) is 1. The third kappa shape index (κ3) is 3.44. The Balaban J connectivity index is 1.41. The fraction of sp³-hybridized carbons (Fsp3) is 0.600. The zero-order valence-corrected chi connectivity index (χ0v) is 15.6. The number of hydrogen-bond donors (Lipinski definition) is 1. The number of nitrogens with one attached hydrogen (secondary N) is 1. The van der Waals surface area contributed by atoms with Crippen molar-refractivity contribution in [2.75, 3.05) is 26.2 Å². The highest BCUT2D eigenvalue weighted by atomic mass is 19.4. The summed E-state index contributed by atoms with van der Waals surface area (Å²) in [6.07, 6.45) is -3.54. The molecule has 2 aliphatic heterocycles. The number of cyclic esters (lactones) is 1. The van der Waals surface area contributed by atoms with Crippen LogP contribution in [-0.4, -0.2) is 43.1 Å². The van der Waals surface area contributed by atoms with Gasteiger partial charge in [0.2, 0.25) is 5.91 Å². The standard InChI is InChI=1S/C20H23F3N2O3/c1-11-13(5-2-6-16(11)20(21,22)23)17-14-9-25(10-15(14)17)18(26)12-4-3-7-28-19(27)24-8-12/h2,5-6,12,14-15,17H,3-4,7-10H2,1H3,(H,24,27)/t12-,14-,15+,17?/m1/s1. The molecule has 2 saturated heterocycles. The molecule has 4 rings (SSSR count). The SMILES string of the molecule is Cc1c(C2[C@H]3CN(C(=O)[C@@H]4CCCOC(=O)NC4)C[C@@H]23)cccc1C(F)(F)F. The number of nitrogens with zero attached hydrogens (tertiary/aromatic N) is 1. The number of hydrogen-bond acceptors (Lipinski definition) is 3. The Morgan fingerprint density at radius 1 is 1.25 bits per heavy atom. The smallest absolute Gasteiger partial charge is 0.416 e. The molecule has 1 unspecified atom stereocenters. The summed E-state index contributed by atoms with van der Waals surface area (Å²) in [6, 6.07) is 4.38. The minimum Gasteiger partial charge on any atom is -0.450 e. The van der Waals surface area contributed by atoms with E-state index in [-0.39, 0.29) is 36.1 Å². The lowest BCUT2D eigenvalue weighted by Gasteiger charge is -2.27. The summed E-state index contributed by atoms with van der Waals surface area (Å²) in [5, 5.41) is 2.61. The number of fused-ring (bicyclic) bond motifs is 1. The van der Waals surface area contributed by atoms with E-state index in [1.807, 2.05) is 4.90 Å². The minimum atomic E-state index is -4.35. The van der Waals surface area contributed by atoms with E-state index < -0.39 is 17.8 Å². The fourth-order valence-corrected chi connectivity index (χ4v) is 4.81. The molecule has 1 aromatic rings. The second-order valence-corrected chi connectivity index (χ2v) is 7.97. The summed E-state index contributed by atoms with van der Waals surface area (Å²) in [7, 11) is 0. The number of halogens is 3. The van der Waals surface area contributed by atoms with Crippen molar-refractivity contribution < 1.29 is 27.5 Å². The first-order valence-corrected chi connectivity index (χ1v) is 9.63. The van der Waals surface area contributed by atoms with Crippen molar-refractivity contribution in [3.05, 3.63) is 34.9 Å². The Labute approximate surface area is 161 Å². The van der Waals surface area contributed by atoms with Gasteiger partial charge in [0.15, 0.2) is 0 Å². The molecular formula is C20H23F3N2O3. The van der Waals surface area contributed by atoms with Gasteiger partial charge in [-0.3, -0.25) is 4.79 Å². The molecule has 0 aromatic heterocycles. The van der Waals surface area contributed by atoms with Gasteiger partial charge in [-0.2, -0.15) is 13.2 Å². The molecule has 2 amide bonds. The van der Waals surface area contributed by atoms with E-state index in [0.717, 1.165) is 11.6 Å². The number of benzene rings is 1. The second kappa shape index (κ2) is 6.97. The molecule has 2 heterocycles. The maximum absolute atomic E-state index is 13.2. The van der Waals surface area contributed by atoms with Gasteiger partial charge in [0.05, 0.1) is 18.1 Å². The highest BCUT2D eigenvalue weighted by Gasteiger charge is 2.58. The number of piperidine rings is 1. The van der Waals surface area contributed by atoms with Crippen LogP contribution in [0.25, 0.3) is 0 Å². The lowest BCUT2D eigenvalue weighted by Crippen LogP contribution is -2.43. The van der Waals surface area contributed by atoms with E-state index in [0.29, 0.717) is 38.1 Å². The maximum atomic E-state index is 13.2. The highest BCUT2D eigenvalue weighted by molar-refractivity contribution is 5.80. The van der Waals surface area contributed by atoms with Gasteiger partial charge in [0.1, 0.15) is 0 Å². The highest BCUT2D eigenvalue weighted by Crippen LogP contribution is 2.59. The zero-order chi connectivity index (χ0) is 20.1. The van der Waals surface area contributed by atoms with Crippen LogP contribution >= 0.6 is 0 Å². The molecule has 4 atom stereocenters. The molecule has 0 radical (unpaired) electrons. The van der Waals surface area contributed by atoms with Crippen LogP contribution in [0.3, 0.4) is 0 Å². The molecule has 3 aliphatic rings. The summed E-state index contributed by atoms with van der Waals surface area (Å²) in [6.45, 7) is 3.25. The van der Waals surface area contributed by atoms with Gasteiger partial charge >= 0.3 is 12.3 Å². The molecule has 1 aliphatic carbocycles. The number of rotatable bonds is 2. The van der Waals surface area contributed by atoms with E-state index in [1.54, 1.807) is 6.07 Å². The Morgan fingerprint density at radius 2 is 1.96 bits per heavy atom. The fourth-order valence-electron chi connectivity index (χ4n) is 4.81. The second-order valence-electron chi connectivity index (χ2n) is 7.97. The van der Waals surface area contributed by atoms with Crippen LogP contribution in [0, 0.1) is 24.7 Å². The van der Waals surface area contributed by atoms with Crippen LogP contribution in [0.15, 0.2) is 18.2 Å². The van der Waals surface area contributed by atoms with Crippen molar-refractivity contribution in [3.63, 3.8) is 0 Å². The van der Waals surface area contributed by atoms with Gasteiger partial charge in [0.25, 0.3) is 0 Å². The van der Waals surface area contributed by atoms with Gasteiger partial charge in [-0.15, -0.1) is 0 Å². The number of carbonyl (C=O) groups is 2. The van der Waals surface area contributed by atoms with Crippen molar-refractivity contribution in [1.82, 2.24) is 10.2 Å². The summed E-state index contributed by atoms with van der Waals surface area (Å²) in [4.78, 5) is 26.0. The molecular weight excluding hydrogens is 373 g/mol. The molecule has 0 bridgehead atoms. The van der Waals surface area contributed by atoms with Gasteiger partial charge in [0, 0.05) is 19.6 Å². The first-order valence-electron chi connectivity index (χ1n) is 9.63. The monoisotopic (exact) mass is 396 g/mol. The van der Waals surface area contributed by atoms with E-state index in [9.17, 15) is 22.8 Å². The lowest BCUT2D eigenvalue weighted by molar-refractivity contribution is -0.138. The molecule has 1 N–H and O–H groups in total. The number of amides is 2. The predicted octanol–water partition coefficient (Wildman–Crippen LogP) is 3.32. The summed E-state index contributed by atoms with van der Waals surface area (Å²) in [5.74, 6) is 0.292. The van der Waals surface area contributed by atoms with Crippen LogP contribution in [0.5, 0.6) is 0 Å². The van der Waals surface area contributed by atoms with Crippen molar-refractivity contribution in [2.24, 2.45) is 17.8 Å². The first kappa shape index (κ1) is 19.1. The topological polar surface area (TPSA) is 58.6 Å². The third-order valence-electron chi connectivity index (χ3n) is 6.32. The Bertz CT molecular complexity index is 783. The van der Waals surface area contributed by atoms with Crippen molar-refractivity contribution in [3.8, 4) is 0 Å². The van der Waals surface area contributed by atoms with E-state index in [2.05, 4.69) is 5.32 Å². The maximum Gasteiger partial charge on any atom is 0.416 e. The molecule has 5 nitrogen and oxygen atoms in total. The summed E-state index contributed by atoms with van der Waals surface area (Å²) < 4.78 is 44.4. The van der Waals surface area contributed by atoms with Crippen LogP contribution in [0.4, 0.5) is 18.0 Å². The molecule has 1 aromatic carbocycles. The third-order valence-corrected chi connectivity index (χ3v) is 6.32. The van der Waals surface area contributed by atoms with Crippen LogP contribution in [0.1, 0.15) is 35.4 Å². The summed E-state index contributed by atoms with van der Waals surface area (Å²) in [5.41, 5.74) is 0.484. The van der Waals surface area contributed by atoms with Crippen molar-refractivity contribution >= 4 is 12.0 Å². The van der Waals surface area contributed by atoms with E-state index >= 15 is 0 Å². The van der Waals surface area contributed by atoms with Crippen LogP contribution < -0.4 is 5.32 Å². The minimum absolute atomic E-state index is 0.0221. The molecule has 3 fully saturated rings. The van der Waals surface area contributed by atoms with Crippen LogP contribution in [0.2, 0.25) is 0 Å². The molecule has 152 valence electrons. The molecule has 0 spiro atoms. The predicted molar refractivity (Wildman–Crippen MR) is 94.6 cm³/mol. The van der Waals surface area contributed by atoms with Gasteiger partial charge in [-0.05, 0) is 54.7 Å². The van der Waals surface area contributed by atoms with Gasteiger partial charge in [-0.1, -0.05) is 12.1 Å². The average molecular weight is 396 g/mol. The number of alkyl carbamates (subject to hydrolysis) is 1. The molecule has 28 heavy (non-hydrogen) atoms.